The summed E-state index contributed by atoms with van der Waals surface area (Å²) in [4.78, 5) is 15.9. The van der Waals surface area contributed by atoms with Crippen LogP contribution in [-0.2, 0) is 4.43 Å². The number of amides is 1. The van der Waals surface area contributed by atoms with Gasteiger partial charge in [-0.3, -0.25) is 4.57 Å². The molecule has 0 spiro atoms. The van der Waals surface area contributed by atoms with Crippen LogP contribution in [0.2, 0.25) is 5.04 Å². The SMILES string of the molecule is CC(C)(C)[Si](OCCCNC(=O)n1ccnc1)(c1ccccc1)c1ccccc1. The summed E-state index contributed by atoms with van der Waals surface area (Å²) in [5.74, 6) is 0. The first-order valence-corrected chi connectivity index (χ1v) is 11.9. The lowest BCUT2D eigenvalue weighted by Gasteiger charge is -2.43. The molecule has 1 heterocycles. The second kappa shape index (κ2) is 9.20. The molecule has 0 atom stereocenters. The molecule has 5 nitrogen and oxygen atoms in total. The lowest BCUT2D eigenvalue weighted by Crippen LogP contribution is -2.66. The minimum absolute atomic E-state index is 0.0459. The molecule has 2 aromatic carbocycles. The number of nitrogens with zero attached hydrogens (tertiary/aromatic N) is 2. The molecule has 1 amide bonds. The largest absolute Gasteiger partial charge is 0.407 e. The molecule has 0 aliphatic heterocycles. The molecule has 3 aromatic rings. The molecule has 0 bridgehead atoms. The zero-order valence-corrected chi connectivity index (χ0v) is 18.3. The molecule has 0 saturated carbocycles. The fraction of sp³-hybridized carbons (Fsp3) is 0.304. The van der Waals surface area contributed by atoms with Crippen LogP contribution in [-0.4, -0.2) is 37.1 Å². The number of carbonyl (C=O) groups is 1. The van der Waals surface area contributed by atoms with Gasteiger partial charge in [0.25, 0.3) is 8.32 Å². The lowest BCUT2D eigenvalue weighted by molar-refractivity contribution is 0.240. The second-order valence-corrected chi connectivity index (χ2v) is 12.4. The average molecular weight is 408 g/mol. The molecule has 3 rings (SSSR count). The van der Waals surface area contributed by atoms with E-state index in [9.17, 15) is 4.79 Å². The summed E-state index contributed by atoms with van der Waals surface area (Å²) in [7, 11) is -2.51. The van der Waals surface area contributed by atoms with Crippen LogP contribution in [0, 0.1) is 0 Å². The monoisotopic (exact) mass is 407 g/mol. The maximum atomic E-state index is 12.0. The van der Waals surface area contributed by atoms with Crippen molar-refractivity contribution >= 4 is 24.7 Å². The number of imidazole rings is 1. The van der Waals surface area contributed by atoms with E-state index in [1.807, 2.05) is 12.1 Å². The Kier molecular flexibility index (Phi) is 6.66. The normalized spacial score (nSPS) is 12.0. The fourth-order valence-corrected chi connectivity index (χ4v) is 8.33. The van der Waals surface area contributed by atoms with Gasteiger partial charge < -0.3 is 9.74 Å². The van der Waals surface area contributed by atoms with Gasteiger partial charge in [0.15, 0.2) is 0 Å². The van der Waals surface area contributed by atoms with Crippen molar-refractivity contribution in [2.75, 3.05) is 13.2 Å². The number of carbonyl (C=O) groups excluding carboxylic acids is 1. The van der Waals surface area contributed by atoms with Gasteiger partial charge in [0.05, 0.1) is 0 Å². The van der Waals surface area contributed by atoms with Crippen LogP contribution in [0.3, 0.4) is 0 Å². The van der Waals surface area contributed by atoms with E-state index in [-0.39, 0.29) is 11.1 Å². The number of hydrogen-bond acceptors (Lipinski definition) is 3. The van der Waals surface area contributed by atoms with E-state index in [4.69, 9.17) is 4.43 Å². The summed E-state index contributed by atoms with van der Waals surface area (Å²) < 4.78 is 8.24. The van der Waals surface area contributed by atoms with Gasteiger partial charge >= 0.3 is 6.03 Å². The van der Waals surface area contributed by atoms with Gasteiger partial charge in [0, 0.05) is 25.5 Å². The van der Waals surface area contributed by atoms with E-state index < -0.39 is 8.32 Å². The van der Waals surface area contributed by atoms with Crippen molar-refractivity contribution in [1.82, 2.24) is 14.9 Å². The smallest absolute Gasteiger partial charge is 0.326 e. The van der Waals surface area contributed by atoms with Crippen molar-refractivity contribution in [2.24, 2.45) is 0 Å². The molecule has 6 heteroatoms. The van der Waals surface area contributed by atoms with Crippen LogP contribution < -0.4 is 15.7 Å². The van der Waals surface area contributed by atoms with Gasteiger partial charge in [0.1, 0.15) is 6.33 Å². The van der Waals surface area contributed by atoms with Crippen LogP contribution in [0.4, 0.5) is 4.79 Å². The minimum atomic E-state index is -2.51. The summed E-state index contributed by atoms with van der Waals surface area (Å²) in [5, 5.41) is 5.39. The van der Waals surface area contributed by atoms with Crippen LogP contribution in [0.15, 0.2) is 79.4 Å². The summed E-state index contributed by atoms with van der Waals surface area (Å²) in [6.07, 6.45) is 5.46. The Morgan fingerprint density at radius 2 is 1.62 bits per heavy atom. The average Bonchev–Trinajstić information content (AvgIpc) is 3.26. The van der Waals surface area contributed by atoms with Gasteiger partial charge in [-0.15, -0.1) is 0 Å². The molecular weight excluding hydrogens is 378 g/mol. The second-order valence-electron chi connectivity index (χ2n) is 8.07. The third-order valence-corrected chi connectivity index (χ3v) is 10.1. The predicted molar refractivity (Wildman–Crippen MR) is 119 cm³/mol. The zero-order valence-electron chi connectivity index (χ0n) is 17.3. The van der Waals surface area contributed by atoms with Gasteiger partial charge in [-0.2, -0.15) is 0 Å². The zero-order chi connectivity index (χ0) is 20.7. The number of aromatic nitrogens is 2. The quantitative estimate of drug-likeness (QED) is 0.482. The summed E-state index contributed by atoms with van der Waals surface area (Å²) in [6, 6.07) is 21.0. The molecule has 0 aliphatic carbocycles. The highest BCUT2D eigenvalue weighted by Gasteiger charge is 2.49. The highest BCUT2D eigenvalue weighted by atomic mass is 28.4. The minimum Gasteiger partial charge on any atom is -0.407 e. The molecule has 1 N–H and O–H groups in total. The summed E-state index contributed by atoms with van der Waals surface area (Å²) in [5.41, 5.74) is 0. The van der Waals surface area contributed by atoms with E-state index in [0.29, 0.717) is 13.2 Å². The predicted octanol–water partition coefficient (Wildman–Crippen LogP) is 3.41. The molecule has 152 valence electrons. The topological polar surface area (TPSA) is 56.1 Å². The van der Waals surface area contributed by atoms with E-state index in [1.165, 1.54) is 21.3 Å². The van der Waals surface area contributed by atoms with Gasteiger partial charge in [-0.25, -0.2) is 9.78 Å². The molecule has 0 aliphatic rings. The molecule has 0 fully saturated rings. The Morgan fingerprint density at radius 1 is 1.03 bits per heavy atom. The molecule has 0 radical (unpaired) electrons. The maximum absolute atomic E-state index is 12.0. The first kappa shape index (κ1) is 21.0. The Morgan fingerprint density at radius 3 is 2.10 bits per heavy atom. The van der Waals surface area contributed by atoms with E-state index in [0.717, 1.165) is 6.42 Å². The van der Waals surface area contributed by atoms with Crippen molar-refractivity contribution in [3.8, 4) is 0 Å². The van der Waals surface area contributed by atoms with E-state index in [2.05, 4.69) is 79.6 Å². The number of rotatable bonds is 7. The first-order valence-electron chi connectivity index (χ1n) is 9.96. The first-order chi connectivity index (χ1) is 13.9. The maximum Gasteiger partial charge on any atom is 0.326 e. The van der Waals surface area contributed by atoms with E-state index >= 15 is 0 Å². The standard InChI is InChI=1S/C23H29N3O2Si/c1-23(2,3)29(20-11-6-4-7-12-20,21-13-8-5-9-14-21)28-18-10-15-25-22(27)26-17-16-24-19-26/h4-9,11-14,16-17,19H,10,15,18H2,1-3H3,(H,25,27). The Bertz CT molecular complexity index is 851. The fourth-order valence-electron chi connectivity index (χ4n) is 3.72. The number of nitrogens with one attached hydrogen (secondary N) is 1. The number of hydrogen-bond donors (Lipinski definition) is 1. The van der Waals surface area contributed by atoms with Crippen LogP contribution >= 0.6 is 0 Å². The Balaban J connectivity index is 1.76. The Labute approximate surface area is 173 Å². The highest BCUT2D eigenvalue weighted by Crippen LogP contribution is 2.36. The third kappa shape index (κ3) is 4.66. The third-order valence-electron chi connectivity index (χ3n) is 5.07. The van der Waals surface area contributed by atoms with Crippen LogP contribution in [0.1, 0.15) is 27.2 Å². The van der Waals surface area contributed by atoms with Crippen molar-refractivity contribution in [1.29, 1.82) is 0 Å². The molecule has 1 aromatic heterocycles. The molecule has 0 unspecified atom stereocenters. The lowest BCUT2D eigenvalue weighted by atomic mass is 10.2. The van der Waals surface area contributed by atoms with Crippen LogP contribution in [0.5, 0.6) is 0 Å². The summed E-state index contributed by atoms with van der Waals surface area (Å²) >= 11 is 0. The van der Waals surface area contributed by atoms with Crippen molar-refractivity contribution in [3.63, 3.8) is 0 Å². The van der Waals surface area contributed by atoms with Gasteiger partial charge in [0.2, 0.25) is 0 Å². The van der Waals surface area contributed by atoms with Gasteiger partial charge in [-0.1, -0.05) is 81.4 Å². The highest BCUT2D eigenvalue weighted by molar-refractivity contribution is 6.99. The van der Waals surface area contributed by atoms with E-state index in [1.54, 1.807) is 12.4 Å². The Hall–Kier alpha value is -2.70. The van der Waals surface area contributed by atoms with Gasteiger partial charge in [-0.05, 0) is 21.8 Å². The summed E-state index contributed by atoms with van der Waals surface area (Å²) in [6.45, 7) is 7.92. The molecule has 0 saturated heterocycles. The van der Waals surface area contributed by atoms with Crippen molar-refractivity contribution in [2.45, 2.75) is 32.2 Å². The van der Waals surface area contributed by atoms with Crippen LogP contribution in [0.25, 0.3) is 0 Å². The van der Waals surface area contributed by atoms with Crippen molar-refractivity contribution in [3.05, 3.63) is 79.4 Å². The molecule has 29 heavy (non-hydrogen) atoms. The van der Waals surface area contributed by atoms with Crippen molar-refractivity contribution < 1.29 is 9.22 Å². The number of benzene rings is 2. The molecular formula is C23H29N3O2Si.